The number of hydrogen-bond donors (Lipinski definition) is 1. The fourth-order valence-corrected chi connectivity index (χ4v) is 3.09. The standard InChI is InChI=1S/C13H23N3S/c1-3-14-8-13-15-12(10-17-13)9-16-7-5-4-6-11(16)2/h10-11,14H,3-9H2,1-2H3. The Morgan fingerprint density at radius 2 is 2.41 bits per heavy atom. The third-order valence-corrected chi connectivity index (χ3v) is 4.33. The Morgan fingerprint density at radius 3 is 3.18 bits per heavy atom. The summed E-state index contributed by atoms with van der Waals surface area (Å²) in [6.07, 6.45) is 4.08. The third kappa shape index (κ3) is 3.76. The van der Waals surface area contributed by atoms with E-state index in [4.69, 9.17) is 4.98 Å². The van der Waals surface area contributed by atoms with Crippen LogP contribution in [0.25, 0.3) is 0 Å². The van der Waals surface area contributed by atoms with Crippen LogP contribution < -0.4 is 5.32 Å². The minimum Gasteiger partial charge on any atom is -0.311 e. The van der Waals surface area contributed by atoms with Crippen LogP contribution >= 0.6 is 11.3 Å². The van der Waals surface area contributed by atoms with Gasteiger partial charge in [-0.15, -0.1) is 11.3 Å². The molecule has 0 aromatic carbocycles. The van der Waals surface area contributed by atoms with Crippen LogP contribution in [0.15, 0.2) is 5.38 Å². The molecule has 1 fully saturated rings. The summed E-state index contributed by atoms with van der Waals surface area (Å²) in [5, 5.41) is 6.76. The SMILES string of the molecule is CCNCc1nc(CN2CCCCC2C)cs1. The van der Waals surface area contributed by atoms with Gasteiger partial charge < -0.3 is 5.32 Å². The molecule has 1 N–H and O–H groups in total. The average Bonchev–Trinajstić information content (AvgIpc) is 2.77. The van der Waals surface area contributed by atoms with Crippen molar-refractivity contribution >= 4 is 11.3 Å². The van der Waals surface area contributed by atoms with Crippen molar-refractivity contribution in [2.24, 2.45) is 0 Å². The van der Waals surface area contributed by atoms with Gasteiger partial charge in [0.1, 0.15) is 5.01 Å². The quantitative estimate of drug-likeness (QED) is 0.874. The van der Waals surface area contributed by atoms with Gasteiger partial charge >= 0.3 is 0 Å². The number of piperidine rings is 1. The fraction of sp³-hybridized carbons (Fsp3) is 0.769. The van der Waals surface area contributed by atoms with E-state index in [9.17, 15) is 0 Å². The molecular formula is C13H23N3S. The largest absolute Gasteiger partial charge is 0.311 e. The van der Waals surface area contributed by atoms with Gasteiger partial charge in [0.15, 0.2) is 0 Å². The first kappa shape index (κ1) is 13.0. The Bertz CT molecular complexity index is 337. The summed E-state index contributed by atoms with van der Waals surface area (Å²) >= 11 is 1.78. The zero-order valence-electron chi connectivity index (χ0n) is 10.9. The molecule has 1 aliphatic rings. The molecule has 1 aliphatic heterocycles. The van der Waals surface area contributed by atoms with Crippen LogP contribution in [-0.4, -0.2) is 29.0 Å². The van der Waals surface area contributed by atoms with Crippen LogP contribution in [-0.2, 0) is 13.1 Å². The van der Waals surface area contributed by atoms with Gasteiger partial charge in [-0.25, -0.2) is 4.98 Å². The van der Waals surface area contributed by atoms with Crippen molar-refractivity contribution in [3.63, 3.8) is 0 Å². The lowest BCUT2D eigenvalue weighted by atomic mass is 10.0. The minimum atomic E-state index is 0.725. The summed E-state index contributed by atoms with van der Waals surface area (Å²) in [5.74, 6) is 0. The Hall–Kier alpha value is -0.450. The lowest BCUT2D eigenvalue weighted by Gasteiger charge is -2.32. The molecule has 1 atom stereocenters. The highest BCUT2D eigenvalue weighted by Gasteiger charge is 2.18. The predicted molar refractivity (Wildman–Crippen MR) is 73.2 cm³/mol. The van der Waals surface area contributed by atoms with Crippen LogP contribution in [0.4, 0.5) is 0 Å². The van der Waals surface area contributed by atoms with Gasteiger partial charge in [0.2, 0.25) is 0 Å². The lowest BCUT2D eigenvalue weighted by Crippen LogP contribution is -2.36. The number of likely N-dealkylation sites (tertiary alicyclic amines) is 1. The van der Waals surface area contributed by atoms with E-state index in [0.717, 1.165) is 25.7 Å². The maximum Gasteiger partial charge on any atom is 0.107 e. The number of rotatable bonds is 5. The van der Waals surface area contributed by atoms with Crippen molar-refractivity contribution in [3.05, 3.63) is 16.1 Å². The summed E-state index contributed by atoms with van der Waals surface area (Å²) in [7, 11) is 0. The Kier molecular flexibility index (Phi) is 4.95. The molecule has 2 heterocycles. The molecule has 96 valence electrons. The number of hydrogen-bond acceptors (Lipinski definition) is 4. The average molecular weight is 253 g/mol. The molecule has 17 heavy (non-hydrogen) atoms. The molecule has 0 aliphatic carbocycles. The first-order valence-corrected chi connectivity index (χ1v) is 7.55. The number of nitrogens with one attached hydrogen (secondary N) is 1. The highest BCUT2D eigenvalue weighted by atomic mass is 32.1. The monoisotopic (exact) mass is 253 g/mol. The molecule has 1 saturated heterocycles. The Balaban J connectivity index is 1.87. The van der Waals surface area contributed by atoms with E-state index >= 15 is 0 Å². The van der Waals surface area contributed by atoms with Crippen LogP contribution in [0, 0.1) is 0 Å². The first-order valence-electron chi connectivity index (χ1n) is 6.67. The molecule has 0 radical (unpaired) electrons. The maximum absolute atomic E-state index is 4.69. The molecule has 0 saturated carbocycles. The molecule has 2 rings (SSSR count). The second-order valence-electron chi connectivity index (χ2n) is 4.83. The maximum atomic E-state index is 4.69. The van der Waals surface area contributed by atoms with Gasteiger partial charge in [0.05, 0.1) is 5.69 Å². The van der Waals surface area contributed by atoms with Crippen molar-refractivity contribution in [2.75, 3.05) is 13.1 Å². The molecule has 1 unspecified atom stereocenters. The molecule has 0 spiro atoms. The summed E-state index contributed by atoms with van der Waals surface area (Å²) < 4.78 is 0. The second kappa shape index (κ2) is 6.47. The van der Waals surface area contributed by atoms with Crippen molar-refractivity contribution in [3.8, 4) is 0 Å². The van der Waals surface area contributed by atoms with E-state index in [2.05, 4.69) is 29.4 Å². The van der Waals surface area contributed by atoms with E-state index in [1.165, 1.54) is 36.5 Å². The van der Waals surface area contributed by atoms with Crippen molar-refractivity contribution in [2.45, 2.75) is 52.2 Å². The molecule has 4 heteroatoms. The molecule has 0 amide bonds. The second-order valence-corrected chi connectivity index (χ2v) is 5.77. The molecular weight excluding hydrogens is 230 g/mol. The third-order valence-electron chi connectivity index (χ3n) is 3.43. The van der Waals surface area contributed by atoms with Crippen LogP contribution in [0.2, 0.25) is 0 Å². The molecule has 1 aromatic heterocycles. The van der Waals surface area contributed by atoms with E-state index < -0.39 is 0 Å². The van der Waals surface area contributed by atoms with Crippen LogP contribution in [0.5, 0.6) is 0 Å². The topological polar surface area (TPSA) is 28.2 Å². The summed E-state index contributed by atoms with van der Waals surface area (Å²) in [6.45, 7) is 8.66. The van der Waals surface area contributed by atoms with Crippen molar-refractivity contribution in [1.29, 1.82) is 0 Å². The minimum absolute atomic E-state index is 0.725. The summed E-state index contributed by atoms with van der Waals surface area (Å²) in [4.78, 5) is 7.26. The normalized spacial score (nSPS) is 21.9. The van der Waals surface area contributed by atoms with Crippen molar-refractivity contribution < 1.29 is 0 Å². The van der Waals surface area contributed by atoms with Gasteiger partial charge in [-0.05, 0) is 32.9 Å². The zero-order chi connectivity index (χ0) is 12.1. The van der Waals surface area contributed by atoms with E-state index in [1.807, 2.05) is 0 Å². The van der Waals surface area contributed by atoms with E-state index in [0.29, 0.717) is 0 Å². The fourth-order valence-electron chi connectivity index (χ4n) is 2.34. The molecule has 1 aromatic rings. The van der Waals surface area contributed by atoms with Gasteiger partial charge in [-0.3, -0.25) is 4.90 Å². The van der Waals surface area contributed by atoms with Gasteiger partial charge in [-0.1, -0.05) is 13.3 Å². The molecule has 0 bridgehead atoms. The van der Waals surface area contributed by atoms with Gasteiger partial charge in [0.25, 0.3) is 0 Å². The highest BCUT2D eigenvalue weighted by Crippen LogP contribution is 2.20. The highest BCUT2D eigenvalue weighted by molar-refractivity contribution is 7.09. The van der Waals surface area contributed by atoms with E-state index in [-0.39, 0.29) is 0 Å². The van der Waals surface area contributed by atoms with Crippen LogP contribution in [0.3, 0.4) is 0 Å². The van der Waals surface area contributed by atoms with Gasteiger partial charge in [-0.2, -0.15) is 0 Å². The van der Waals surface area contributed by atoms with E-state index in [1.54, 1.807) is 11.3 Å². The predicted octanol–water partition coefficient (Wildman–Crippen LogP) is 2.63. The first-order chi connectivity index (χ1) is 8.29. The van der Waals surface area contributed by atoms with Crippen molar-refractivity contribution in [1.82, 2.24) is 15.2 Å². The number of thiazole rings is 1. The smallest absolute Gasteiger partial charge is 0.107 e. The molecule has 3 nitrogen and oxygen atoms in total. The Labute approximate surface area is 108 Å². The lowest BCUT2D eigenvalue weighted by molar-refractivity contribution is 0.151. The van der Waals surface area contributed by atoms with Gasteiger partial charge in [0, 0.05) is 24.5 Å². The zero-order valence-corrected chi connectivity index (χ0v) is 11.7. The Morgan fingerprint density at radius 1 is 1.53 bits per heavy atom. The number of aromatic nitrogens is 1. The summed E-state index contributed by atoms with van der Waals surface area (Å²) in [6, 6.07) is 0.725. The van der Waals surface area contributed by atoms with Crippen LogP contribution in [0.1, 0.15) is 43.8 Å². The number of nitrogens with zero attached hydrogens (tertiary/aromatic N) is 2. The summed E-state index contributed by atoms with van der Waals surface area (Å²) in [5.41, 5.74) is 1.25.